The van der Waals surface area contributed by atoms with Crippen molar-refractivity contribution in [2.45, 2.75) is 64.1 Å². The number of hydrogen-bond donors (Lipinski definition) is 0. The molecule has 4 aliphatic heterocycles. The van der Waals surface area contributed by atoms with Crippen LogP contribution in [0.2, 0.25) is 10.0 Å². The maximum atomic E-state index is 13.5. The van der Waals surface area contributed by atoms with E-state index < -0.39 is 5.60 Å². The van der Waals surface area contributed by atoms with Gasteiger partial charge in [-0.2, -0.15) is 0 Å². The van der Waals surface area contributed by atoms with Gasteiger partial charge < -0.3 is 18.9 Å². The zero-order valence-corrected chi connectivity index (χ0v) is 24.3. The first-order valence-corrected chi connectivity index (χ1v) is 15.0. The zero-order valence-electron chi connectivity index (χ0n) is 22.8. The third-order valence-corrected chi connectivity index (χ3v) is 9.60. The molecule has 4 saturated heterocycles. The molecule has 0 spiro atoms. The average molecular weight is 561 g/mol. The third kappa shape index (κ3) is 6.33. The number of halogens is 2. The maximum absolute atomic E-state index is 13.5. The van der Waals surface area contributed by atoms with E-state index in [1.165, 1.54) is 43.4 Å². The van der Waals surface area contributed by atoms with E-state index in [9.17, 15) is 4.79 Å². The topological polar surface area (TPSA) is 38.8 Å². The van der Waals surface area contributed by atoms with Crippen LogP contribution in [0.4, 0.5) is 0 Å². The SMILES string of the molecule is CC(C)Oc1cccc(CC(=O)N2CCCC(OCC[N+]34CCC(CC3)CC4)(c3ccc(Cl)c(Cl)c3)C2)c1. The first kappa shape index (κ1) is 27.8. The Morgan fingerprint density at radius 1 is 1.08 bits per heavy atom. The molecule has 38 heavy (non-hydrogen) atoms. The van der Waals surface area contributed by atoms with Gasteiger partial charge in [0.1, 0.15) is 17.9 Å². The summed E-state index contributed by atoms with van der Waals surface area (Å²) < 4.78 is 13.9. The summed E-state index contributed by atoms with van der Waals surface area (Å²) in [5, 5.41) is 1.06. The lowest BCUT2D eigenvalue weighted by molar-refractivity contribution is -0.943. The lowest BCUT2D eigenvalue weighted by Crippen LogP contribution is -2.60. The minimum absolute atomic E-state index is 0.0915. The molecule has 0 radical (unpaired) electrons. The highest BCUT2D eigenvalue weighted by Gasteiger charge is 2.43. The van der Waals surface area contributed by atoms with Crippen molar-refractivity contribution in [3.63, 3.8) is 0 Å². The normalized spacial score (nSPS) is 27.1. The van der Waals surface area contributed by atoms with Crippen molar-refractivity contribution in [3.8, 4) is 5.75 Å². The standard InChI is InChI=1S/C31H41Cl2N2O3/c1-23(2)38-27-6-3-5-25(19-27)20-30(36)34-13-4-12-31(22-34,26-7-8-28(32)29(33)21-26)37-18-17-35-14-9-24(10-15-35)11-16-35/h3,5-8,19,21,23-24H,4,9-18,20,22H2,1-2H3/q+1. The summed E-state index contributed by atoms with van der Waals surface area (Å²) in [6.45, 7) is 10.8. The molecule has 0 aromatic heterocycles. The molecule has 7 heteroatoms. The molecule has 0 aliphatic carbocycles. The van der Waals surface area contributed by atoms with Crippen LogP contribution in [0.3, 0.4) is 0 Å². The molecule has 2 aromatic carbocycles. The fourth-order valence-electron chi connectivity index (χ4n) is 6.65. The van der Waals surface area contributed by atoms with Crippen LogP contribution in [-0.4, -0.2) is 67.3 Å². The minimum atomic E-state index is -0.586. The Balaban J connectivity index is 1.32. The number of quaternary nitrogens is 1. The van der Waals surface area contributed by atoms with E-state index in [-0.39, 0.29) is 12.0 Å². The number of hydrogen-bond acceptors (Lipinski definition) is 3. The molecule has 2 bridgehead atoms. The summed E-state index contributed by atoms with van der Waals surface area (Å²) in [7, 11) is 0. The fourth-order valence-corrected chi connectivity index (χ4v) is 6.94. The highest BCUT2D eigenvalue weighted by atomic mass is 35.5. The van der Waals surface area contributed by atoms with E-state index in [0.717, 1.165) is 48.7 Å². The molecule has 206 valence electrons. The number of piperidine rings is 4. The van der Waals surface area contributed by atoms with Gasteiger partial charge in [0.15, 0.2) is 0 Å². The van der Waals surface area contributed by atoms with Crippen LogP contribution >= 0.6 is 23.2 Å². The molecule has 0 N–H and O–H groups in total. The number of likely N-dealkylation sites (tertiary alicyclic amines) is 1. The van der Waals surface area contributed by atoms with Crippen LogP contribution in [0.15, 0.2) is 42.5 Å². The summed E-state index contributed by atoms with van der Waals surface area (Å²) in [5.74, 6) is 1.85. The van der Waals surface area contributed by atoms with Gasteiger partial charge >= 0.3 is 0 Å². The van der Waals surface area contributed by atoms with Crippen molar-refractivity contribution < 1.29 is 18.8 Å². The molecule has 1 atom stereocenters. The molecule has 4 fully saturated rings. The lowest BCUT2D eigenvalue weighted by Gasteiger charge is -2.50. The van der Waals surface area contributed by atoms with Crippen LogP contribution in [-0.2, 0) is 21.6 Å². The molecular formula is C31H41Cl2N2O3+. The summed E-state index contributed by atoms with van der Waals surface area (Å²) >= 11 is 12.8. The van der Waals surface area contributed by atoms with E-state index in [2.05, 4.69) is 0 Å². The fraction of sp³-hybridized carbons (Fsp3) is 0.581. The summed E-state index contributed by atoms with van der Waals surface area (Å²) in [5.41, 5.74) is 1.38. The van der Waals surface area contributed by atoms with E-state index in [4.69, 9.17) is 32.7 Å². The molecule has 2 aromatic rings. The quantitative estimate of drug-likeness (QED) is 0.329. The van der Waals surface area contributed by atoms with Crippen LogP contribution < -0.4 is 4.74 Å². The molecule has 0 saturated carbocycles. The number of amides is 1. The summed E-state index contributed by atoms with van der Waals surface area (Å²) in [6, 6.07) is 13.7. The van der Waals surface area contributed by atoms with Crippen molar-refractivity contribution in [2.24, 2.45) is 5.92 Å². The Kier molecular flexibility index (Phi) is 8.59. The number of carbonyl (C=O) groups is 1. The summed E-state index contributed by atoms with van der Waals surface area (Å²) in [6.07, 6.45) is 6.22. The second-order valence-electron chi connectivity index (χ2n) is 11.8. The highest BCUT2D eigenvalue weighted by molar-refractivity contribution is 6.42. The highest BCUT2D eigenvalue weighted by Crippen LogP contribution is 2.39. The van der Waals surface area contributed by atoms with Gasteiger partial charge in [-0.15, -0.1) is 0 Å². The predicted molar refractivity (Wildman–Crippen MR) is 153 cm³/mol. The number of carbonyl (C=O) groups excluding carboxylic acids is 1. The number of rotatable bonds is 9. The van der Waals surface area contributed by atoms with Crippen molar-refractivity contribution >= 4 is 29.1 Å². The molecule has 6 rings (SSSR count). The maximum Gasteiger partial charge on any atom is 0.227 e. The van der Waals surface area contributed by atoms with E-state index in [0.29, 0.717) is 29.6 Å². The molecular weight excluding hydrogens is 519 g/mol. The summed E-state index contributed by atoms with van der Waals surface area (Å²) in [4.78, 5) is 15.5. The van der Waals surface area contributed by atoms with E-state index >= 15 is 0 Å². The Morgan fingerprint density at radius 2 is 1.84 bits per heavy atom. The third-order valence-electron chi connectivity index (χ3n) is 8.86. The molecule has 5 nitrogen and oxygen atoms in total. The van der Waals surface area contributed by atoms with Crippen molar-refractivity contribution in [1.82, 2.24) is 4.90 Å². The van der Waals surface area contributed by atoms with Crippen molar-refractivity contribution in [3.05, 3.63) is 63.6 Å². The Bertz CT molecular complexity index is 1120. The predicted octanol–water partition coefficient (Wildman–Crippen LogP) is 6.49. The van der Waals surface area contributed by atoms with Gasteiger partial charge in [0, 0.05) is 6.54 Å². The van der Waals surface area contributed by atoms with Crippen LogP contribution in [0.1, 0.15) is 57.1 Å². The number of benzene rings is 2. The van der Waals surface area contributed by atoms with E-state index in [1.54, 1.807) is 0 Å². The number of nitrogens with zero attached hydrogens (tertiary/aromatic N) is 2. The van der Waals surface area contributed by atoms with Crippen LogP contribution in [0, 0.1) is 5.92 Å². The Morgan fingerprint density at radius 3 is 2.55 bits per heavy atom. The molecule has 1 amide bonds. The first-order valence-electron chi connectivity index (χ1n) is 14.2. The Hall–Kier alpha value is -1.79. The number of fused-ring (bicyclic) bond motifs is 3. The second-order valence-corrected chi connectivity index (χ2v) is 12.7. The average Bonchev–Trinajstić information content (AvgIpc) is 2.91. The monoisotopic (exact) mass is 559 g/mol. The van der Waals surface area contributed by atoms with Gasteiger partial charge in [0.05, 0.1) is 55.4 Å². The van der Waals surface area contributed by atoms with Gasteiger partial charge in [-0.25, -0.2) is 0 Å². The van der Waals surface area contributed by atoms with Crippen molar-refractivity contribution in [1.29, 1.82) is 0 Å². The molecule has 4 heterocycles. The minimum Gasteiger partial charge on any atom is -0.491 e. The second kappa shape index (κ2) is 11.8. The number of ether oxygens (including phenoxy) is 2. The largest absolute Gasteiger partial charge is 0.491 e. The van der Waals surface area contributed by atoms with Gasteiger partial charge in [-0.05, 0) is 87.3 Å². The molecule has 1 unspecified atom stereocenters. The van der Waals surface area contributed by atoms with Crippen LogP contribution in [0.25, 0.3) is 0 Å². The lowest BCUT2D eigenvalue weighted by atomic mass is 9.84. The van der Waals surface area contributed by atoms with Gasteiger partial charge in [-0.1, -0.05) is 41.4 Å². The first-order chi connectivity index (χ1) is 18.3. The zero-order chi connectivity index (χ0) is 26.8. The van der Waals surface area contributed by atoms with Gasteiger partial charge in [-0.3, -0.25) is 4.79 Å². The molecule has 4 aliphatic rings. The Labute approximate surface area is 237 Å². The van der Waals surface area contributed by atoms with Crippen molar-refractivity contribution in [2.75, 3.05) is 45.9 Å². The van der Waals surface area contributed by atoms with Gasteiger partial charge in [0.2, 0.25) is 5.91 Å². The van der Waals surface area contributed by atoms with E-state index in [1.807, 2.05) is 61.2 Å². The smallest absolute Gasteiger partial charge is 0.227 e. The van der Waals surface area contributed by atoms with Gasteiger partial charge in [0.25, 0.3) is 0 Å². The van der Waals surface area contributed by atoms with Crippen LogP contribution in [0.5, 0.6) is 5.75 Å².